The minimum Gasteiger partial charge on any atom is -0.452 e. The van der Waals surface area contributed by atoms with Crippen LogP contribution in [-0.2, 0) is 19.1 Å². The van der Waals surface area contributed by atoms with Crippen LogP contribution in [0.3, 0.4) is 0 Å². The predicted octanol–water partition coefficient (Wildman–Crippen LogP) is 2.67. The zero-order valence-corrected chi connectivity index (χ0v) is 16.5. The van der Waals surface area contributed by atoms with Crippen molar-refractivity contribution in [3.63, 3.8) is 0 Å². The number of halogens is 1. The van der Waals surface area contributed by atoms with Crippen LogP contribution in [0, 0.1) is 10.1 Å². The smallest absolute Gasteiger partial charge is 0.331 e. The molecule has 2 N–H and O–H groups in total. The molecule has 0 aliphatic rings. The van der Waals surface area contributed by atoms with Crippen molar-refractivity contribution in [2.75, 3.05) is 18.5 Å². The van der Waals surface area contributed by atoms with Crippen LogP contribution in [-0.4, -0.2) is 35.9 Å². The fourth-order valence-electron chi connectivity index (χ4n) is 2.08. The van der Waals surface area contributed by atoms with E-state index in [9.17, 15) is 24.5 Å². The van der Waals surface area contributed by atoms with Crippen LogP contribution in [0.2, 0.25) is 0 Å². The standard InChI is InChI=1S/C19H16BrN3O6/c20-15-6-1-2-7-16(15)22-17(24)11-21-18(25)12-29-19(26)9-8-13-4-3-5-14(10-13)23(27)28/h1-10H,11-12H2,(H,21,25)(H,22,24)/b9-8+. The fraction of sp³-hybridized carbons (Fsp3) is 0.105. The monoisotopic (exact) mass is 461 g/mol. The Morgan fingerprint density at radius 1 is 1.10 bits per heavy atom. The first-order valence-corrected chi connectivity index (χ1v) is 9.05. The molecule has 0 radical (unpaired) electrons. The number of non-ortho nitro benzene ring substituents is 1. The third-order valence-corrected chi connectivity index (χ3v) is 4.12. The van der Waals surface area contributed by atoms with Gasteiger partial charge in [-0.25, -0.2) is 4.79 Å². The van der Waals surface area contributed by atoms with Gasteiger partial charge in [-0.05, 0) is 39.7 Å². The van der Waals surface area contributed by atoms with Gasteiger partial charge in [0.1, 0.15) is 0 Å². The van der Waals surface area contributed by atoms with Crippen LogP contribution in [0.4, 0.5) is 11.4 Å². The summed E-state index contributed by atoms with van der Waals surface area (Å²) in [7, 11) is 0. The van der Waals surface area contributed by atoms with Crippen LogP contribution in [0.25, 0.3) is 6.08 Å². The molecule has 0 aliphatic heterocycles. The maximum atomic E-state index is 11.8. The molecule has 0 saturated heterocycles. The maximum absolute atomic E-state index is 11.8. The van der Waals surface area contributed by atoms with Gasteiger partial charge in [0.25, 0.3) is 11.6 Å². The molecule has 0 unspecified atom stereocenters. The molecule has 0 fully saturated rings. The van der Waals surface area contributed by atoms with Crippen LogP contribution in [0.1, 0.15) is 5.56 Å². The second-order valence-electron chi connectivity index (χ2n) is 5.60. The van der Waals surface area contributed by atoms with Gasteiger partial charge in [-0.3, -0.25) is 19.7 Å². The highest BCUT2D eigenvalue weighted by molar-refractivity contribution is 9.10. The van der Waals surface area contributed by atoms with Crippen molar-refractivity contribution in [2.45, 2.75) is 0 Å². The predicted molar refractivity (Wildman–Crippen MR) is 109 cm³/mol. The second-order valence-corrected chi connectivity index (χ2v) is 6.45. The fourth-order valence-corrected chi connectivity index (χ4v) is 2.46. The van der Waals surface area contributed by atoms with Gasteiger partial charge in [0.15, 0.2) is 6.61 Å². The molecule has 0 aromatic heterocycles. The lowest BCUT2D eigenvalue weighted by Gasteiger charge is -2.08. The van der Waals surface area contributed by atoms with Crippen molar-refractivity contribution < 1.29 is 24.0 Å². The minimum atomic E-state index is -0.802. The van der Waals surface area contributed by atoms with Crippen molar-refractivity contribution in [1.29, 1.82) is 0 Å². The molecule has 2 aromatic rings. The Kier molecular flexibility index (Phi) is 8.04. The molecule has 2 rings (SSSR count). The summed E-state index contributed by atoms with van der Waals surface area (Å²) in [5.41, 5.74) is 0.884. The second kappa shape index (κ2) is 10.7. The summed E-state index contributed by atoms with van der Waals surface area (Å²) in [5, 5.41) is 15.7. The van der Waals surface area contributed by atoms with Gasteiger partial charge in [0.2, 0.25) is 5.91 Å². The first kappa shape index (κ1) is 21.8. The molecule has 0 saturated carbocycles. The number of amides is 2. The molecule has 29 heavy (non-hydrogen) atoms. The van der Waals surface area contributed by atoms with E-state index in [1.165, 1.54) is 24.3 Å². The SMILES string of the molecule is O=C(COC(=O)/C=C/c1cccc([N+](=O)[O-])c1)NCC(=O)Nc1ccccc1Br. The van der Waals surface area contributed by atoms with Crippen LogP contribution < -0.4 is 10.6 Å². The Labute approximate surface area is 174 Å². The Hall–Kier alpha value is -3.53. The molecule has 9 nitrogen and oxygen atoms in total. The van der Waals surface area contributed by atoms with Crippen molar-refractivity contribution in [1.82, 2.24) is 5.32 Å². The van der Waals surface area contributed by atoms with Crippen LogP contribution in [0.5, 0.6) is 0 Å². The maximum Gasteiger partial charge on any atom is 0.331 e. The molecule has 0 spiro atoms. The number of esters is 1. The number of nitrogens with one attached hydrogen (secondary N) is 2. The number of carbonyl (C=O) groups is 3. The highest BCUT2D eigenvalue weighted by Gasteiger charge is 2.09. The van der Waals surface area contributed by atoms with Crippen molar-refractivity contribution in [3.8, 4) is 0 Å². The Morgan fingerprint density at radius 3 is 2.59 bits per heavy atom. The van der Waals surface area contributed by atoms with E-state index in [0.717, 1.165) is 6.08 Å². The third-order valence-electron chi connectivity index (χ3n) is 3.43. The van der Waals surface area contributed by atoms with E-state index >= 15 is 0 Å². The molecule has 0 aliphatic carbocycles. The third kappa shape index (κ3) is 7.54. The molecule has 2 aromatic carbocycles. The first-order valence-electron chi connectivity index (χ1n) is 8.25. The quantitative estimate of drug-likeness (QED) is 0.269. The van der Waals surface area contributed by atoms with E-state index in [1.54, 1.807) is 30.3 Å². The number of rotatable bonds is 8. The van der Waals surface area contributed by atoms with Gasteiger partial charge < -0.3 is 15.4 Å². The number of nitrogens with zero attached hydrogens (tertiary/aromatic N) is 1. The summed E-state index contributed by atoms with van der Waals surface area (Å²) in [6.07, 6.45) is 2.38. The van der Waals surface area contributed by atoms with E-state index < -0.39 is 29.3 Å². The summed E-state index contributed by atoms with van der Waals surface area (Å²) in [6, 6.07) is 12.7. The summed E-state index contributed by atoms with van der Waals surface area (Å²) in [5.74, 6) is -1.89. The van der Waals surface area contributed by atoms with E-state index in [-0.39, 0.29) is 12.2 Å². The van der Waals surface area contributed by atoms with Gasteiger partial charge in [-0.1, -0.05) is 24.3 Å². The molecule has 0 bridgehead atoms. The molecular weight excluding hydrogens is 446 g/mol. The molecule has 150 valence electrons. The highest BCUT2D eigenvalue weighted by atomic mass is 79.9. The van der Waals surface area contributed by atoms with E-state index in [2.05, 4.69) is 26.6 Å². The average molecular weight is 462 g/mol. The van der Waals surface area contributed by atoms with Crippen molar-refractivity contribution >= 4 is 51.2 Å². The number of carbonyl (C=O) groups excluding carboxylic acids is 3. The summed E-state index contributed by atoms with van der Waals surface area (Å²) in [4.78, 5) is 45.3. The van der Waals surface area contributed by atoms with E-state index in [0.29, 0.717) is 15.7 Å². The number of para-hydroxylation sites is 1. The van der Waals surface area contributed by atoms with Crippen molar-refractivity contribution in [2.24, 2.45) is 0 Å². The number of ether oxygens (including phenoxy) is 1. The lowest BCUT2D eigenvalue weighted by molar-refractivity contribution is -0.384. The van der Waals surface area contributed by atoms with Gasteiger partial charge in [-0.2, -0.15) is 0 Å². The van der Waals surface area contributed by atoms with Gasteiger partial charge >= 0.3 is 5.97 Å². The number of hydrogen-bond acceptors (Lipinski definition) is 6. The normalized spacial score (nSPS) is 10.4. The largest absolute Gasteiger partial charge is 0.452 e. The molecule has 2 amide bonds. The van der Waals surface area contributed by atoms with E-state index in [1.807, 2.05) is 0 Å². The Bertz CT molecular complexity index is 960. The molecule has 0 atom stereocenters. The number of benzene rings is 2. The summed E-state index contributed by atoms with van der Waals surface area (Å²) < 4.78 is 5.46. The number of nitro groups is 1. The number of anilines is 1. The summed E-state index contributed by atoms with van der Waals surface area (Å²) >= 11 is 3.29. The molecule has 10 heteroatoms. The average Bonchev–Trinajstić information content (AvgIpc) is 2.71. The van der Waals surface area contributed by atoms with Crippen LogP contribution >= 0.6 is 15.9 Å². The van der Waals surface area contributed by atoms with Crippen molar-refractivity contribution in [3.05, 3.63) is 74.8 Å². The first-order chi connectivity index (χ1) is 13.8. The highest BCUT2D eigenvalue weighted by Crippen LogP contribution is 2.20. The van der Waals surface area contributed by atoms with Gasteiger partial charge in [-0.15, -0.1) is 0 Å². The molecule has 0 heterocycles. The zero-order chi connectivity index (χ0) is 21.2. The number of hydrogen-bond donors (Lipinski definition) is 2. The molecular formula is C19H16BrN3O6. The number of nitro benzene ring substituents is 1. The van der Waals surface area contributed by atoms with Gasteiger partial charge in [0.05, 0.1) is 17.2 Å². The summed E-state index contributed by atoms with van der Waals surface area (Å²) in [6.45, 7) is -0.859. The van der Waals surface area contributed by atoms with Crippen LogP contribution in [0.15, 0.2) is 59.1 Å². The lowest BCUT2D eigenvalue weighted by atomic mass is 10.2. The van der Waals surface area contributed by atoms with E-state index in [4.69, 9.17) is 4.74 Å². The topological polar surface area (TPSA) is 128 Å². The minimum absolute atomic E-state index is 0.110. The zero-order valence-electron chi connectivity index (χ0n) is 15.0. The lowest BCUT2D eigenvalue weighted by Crippen LogP contribution is -2.35. The Balaban J connectivity index is 1.73. The van der Waals surface area contributed by atoms with Gasteiger partial charge in [0, 0.05) is 22.7 Å². The Morgan fingerprint density at radius 2 is 1.86 bits per heavy atom.